The quantitative estimate of drug-likeness (QED) is 0.620. The molecule has 3 aromatic rings. The van der Waals surface area contributed by atoms with Gasteiger partial charge in [-0.3, -0.25) is 4.79 Å². The van der Waals surface area contributed by atoms with E-state index >= 15 is 0 Å². The molecule has 0 aliphatic carbocycles. The van der Waals surface area contributed by atoms with Gasteiger partial charge in [-0.05, 0) is 37.3 Å². The molecule has 3 rings (SSSR count). The van der Waals surface area contributed by atoms with Crippen LogP contribution in [0, 0.1) is 0 Å². The minimum absolute atomic E-state index is 0.291. The van der Waals surface area contributed by atoms with Crippen LogP contribution in [0.15, 0.2) is 53.3 Å². The zero-order chi connectivity index (χ0) is 19.6. The molecule has 0 radical (unpaired) electrons. The highest BCUT2D eigenvalue weighted by atomic mass is 35.5. The number of aromatic nitrogens is 2. The molecule has 0 saturated heterocycles. The second-order valence-corrected chi connectivity index (χ2v) is 6.76. The predicted molar refractivity (Wildman–Crippen MR) is 111 cm³/mol. The highest BCUT2D eigenvalue weighted by molar-refractivity contribution is 6.37. The van der Waals surface area contributed by atoms with Gasteiger partial charge >= 0.3 is 0 Å². The van der Waals surface area contributed by atoms with E-state index in [2.05, 4.69) is 5.10 Å². The normalized spacial score (nSPS) is 10.7. The van der Waals surface area contributed by atoms with Gasteiger partial charge in [-0.25, -0.2) is 0 Å². The Kier molecular flexibility index (Phi) is 5.73. The van der Waals surface area contributed by atoms with Crippen molar-refractivity contribution in [1.82, 2.24) is 9.78 Å². The molecule has 5 nitrogen and oxygen atoms in total. The monoisotopic (exact) mass is 403 g/mol. The average Bonchev–Trinajstić information content (AvgIpc) is 2.68. The van der Waals surface area contributed by atoms with Crippen LogP contribution in [0.4, 0.5) is 5.69 Å². The summed E-state index contributed by atoms with van der Waals surface area (Å²) in [6.07, 6.45) is 0. The van der Waals surface area contributed by atoms with E-state index in [-0.39, 0.29) is 5.56 Å². The van der Waals surface area contributed by atoms with Crippen LogP contribution >= 0.6 is 23.2 Å². The van der Waals surface area contributed by atoms with E-state index in [9.17, 15) is 4.79 Å². The lowest BCUT2D eigenvalue weighted by molar-refractivity contribution is 0.415. The summed E-state index contributed by atoms with van der Waals surface area (Å²) >= 11 is 12.7. The molecule has 0 unspecified atom stereocenters. The summed E-state index contributed by atoms with van der Waals surface area (Å²) in [7, 11) is 3.46. The van der Waals surface area contributed by atoms with Gasteiger partial charge in [-0.2, -0.15) is 9.78 Å². The summed E-state index contributed by atoms with van der Waals surface area (Å²) in [5.74, 6) is 0.702. The number of halogens is 2. The molecule has 0 bridgehead atoms. The van der Waals surface area contributed by atoms with Crippen LogP contribution in [0.2, 0.25) is 10.0 Å². The number of nitrogens with zero attached hydrogens (tertiary/aromatic N) is 3. The summed E-state index contributed by atoms with van der Waals surface area (Å²) in [6, 6.07) is 14.3. The number of hydrogen-bond donors (Lipinski definition) is 0. The number of hydrogen-bond acceptors (Lipinski definition) is 4. The maximum Gasteiger partial charge on any atom is 0.295 e. The minimum atomic E-state index is -0.291. The summed E-state index contributed by atoms with van der Waals surface area (Å²) in [4.78, 5) is 15.0. The summed E-state index contributed by atoms with van der Waals surface area (Å²) < 4.78 is 6.57. The fourth-order valence-electron chi connectivity index (χ4n) is 2.69. The van der Waals surface area contributed by atoms with Crippen LogP contribution in [0.3, 0.4) is 0 Å². The molecule has 0 aliphatic rings. The Bertz CT molecular complexity index is 1010. The zero-order valence-electron chi connectivity index (χ0n) is 15.2. The Morgan fingerprint density at radius 3 is 2.41 bits per heavy atom. The summed E-state index contributed by atoms with van der Waals surface area (Å²) in [6.45, 7) is 2.63. The zero-order valence-corrected chi connectivity index (χ0v) is 16.8. The highest BCUT2D eigenvalue weighted by Gasteiger charge is 2.18. The van der Waals surface area contributed by atoms with Gasteiger partial charge in [0.2, 0.25) is 0 Å². The largest absolute Gasteiger partial charge is 0.497 e. The Hall–Kier alpha value is -2.50. The molecule has 0 fully saturated rings. The van der Waals surface area contributed by atoms with Crippen molar-refractivity contribution in [3.63, 3.8) is 0 Å². The first-order valence-electron chi connectivity index (χ1n) is 8.40. The van der Waals surface area contributed by atoms with Crippen LogP contribution in [-0.4, -0.2) is 30.5 Å². The molecule has 0 aliphatic heterocycles. The maximum atomic E-state index is 13.1. The molecular weight excluding hydrogens is 385 g/mol. The smallest absolute Gasteiger partial charge is 0.295 e. The maximum absolute atomic E-state index is 13.1. The lowest BCUT2D eigenvalue weighted by atomic mass is 10.1. The second kappa shape index (κ2) is 8.03. The molecule has 0 atom stereocenters. The molecule has 140 valence electrons. The molecule has 2 aromatic carbocycles. The Balaban J connectivity index is 2.32. The molecule has 7 heteroatoms. The van der Waals surface area contributed by atoms with Gasteiger partial charge in [0, 0.05) is 19.2 Å². The SMILES string of the molecule is CCN(C)c1cc(-c2cccc(OC)c2)nn(-c2c(Cl)cccc2Cl)c1=O. The van der Waals surface area contributed by atoms with Crippen LogP contribution in [0.1, 0.15) is 6.92 Å². The van der Waals surface area contributed by atoms with Crippen LogP contribution in [0.5, 0.6) is 5.75 Å². The Morgan fingerprint density at radius 2 is 1.78 bits per heavy atom. The highest BCUT2D eigenvalue weighted by Crippen LogP contribution is 2.29. The number of para-hydroxylation sites is 1. The number of anilines is 1. The third-order valence-corrected chi connectivity index (χ3v) is 4.90. The average molecular weight is 404 g/mol. The molecule has 1 aromatic heterocycles. The first-order chi connectivity index (χ1) is 13.0. The van der Waals surface area contributed by atoms with Crippen molar-refractivity contribution in [2.24, 2.45) is 0 Å². The van der Waals surface area contributed by atoms with Crippen molar-refractivity contribution in [2.45, 2.75) is 6.92 Å². The van der Waals surface area contributed by atoms with Crippen LogP contribution in [-0.2, 0) is 0 Å². The van der Waals surface area contributed by atoms with Crippen LogP contribution in [0.25, 0.3) is 16.9 Å². The van der Waals surface area contributed by atoms with Crippen molar-refractivity contribution >= 4 is 28.9 Å². The summed E-state index contributed by atoms with van der Waals surface area (Å²) in [5, 5.41) is 5.24. The van der Waals surface area contributed by atoms with Crippen molar-refractivity contribution in [3.8, 4) is 22.7 Å². The van der Waals surface area contributed by atoms with E-state index in [0.29, 0.717) is 39.4 Å². The first-order valence-corrected chi connectivity index (χ1v) is 9.16. The van der Waals surface area contributed by atoms with Crippen molar-refractivity contribution in [3.05, 3.63) is 68.9 Å². The third kappa shape index (κ3) is 3.80. The van der Waals surface area contributed by atoms with E-state index in [1.54, 1.807) is 31.4 Å². The van der Waals surface area contributed by atoms with Crippen molar-refractivity contribution in [1.29, 1.82) is 0 Å². The van der Waals surface area contributed by atoms with Gasteiger partial charge in [0.1, 0.15) is 17.1 Å². The predicted octanol–water partition coefficient (Wildman–Crippen LogP) is 4.67. The molecular formula is C20H19Cl2N3O2. The molecule has 1 heterocycles. The van der Waals surface area contributed by atoms with Gasteiger partial charge in [0.25, 0.3) is 5.56 Å². The van der Waals surface area contributed by atoms with E-state index < -0.39 is 0 Å². The molecule has 0 amide bonds. The van der Waals surface area contributed by atoms with Crippen molar-refractivity contribution < 1.29 is 4.74 Å². The lowest BCUT2D eigenvalue weighted by Crippen LogP contribution is -2.30. The Morgan fingerprint density at radius 1 is 1.11 bits per heavy atom. The van der Waals surface area contributed by atoms with Crippen molar-refractivity contribution in [2.75, 3.05) is 25.6 Å². The number of ether oxygens (including phenoxy) is 1. The topological polar surface area (TPSA) is 47.4 Å². The summed E-state index contributed by atoms with van der Waals surface area (Å²) in [5.41, 5.74) is 2.00. The Labute approximate surface area is 167 Å². The standard InChI is InChI=1S/C20H19Cl2N3O2/c1-4-24(2)18-12-17(13-7-5-8-14(11-13)27-3)23-25(20(18)26)19-15(21)9-6-10-16(19)22/h5-12H,4H2,1-3H3. The van der Waals surface area contributed by atoms with Gasteiger partial charge in [-0.1, -0.05) is 41.4 Å². The van der Waals surface area contributed by atoms with Gasteiger partial charge in [-0.15, -0.1) is 0 Å². The number of rotatable bonds is 5. The van der Waals surface area contributed by atoms with Gasteiger partial charge in [0.05, 0.1) is 22.8 Å². The van der Waals surface area contributed by atoms with Gasteiger partial charge < -0.3 is 9.64 Å². The molecule has 0 N–H and O–H groups in total. The fraction of sp³-hybridized carbons (Fsp3) is 0.200. The fourth-order valence-corrected chi connectivity index (χ4v) is 3.25. The van der Waals surface area contributed by atoms with Crippen LogP contribution < -0.4 is 15.2 Å². The van der Waals surface area contributed by atoms with Gasteiger partial charge in [0.15, 0.2) is 0 Å². The molecule has 27 heavy (non-hydrogen) atoms. The van der Waals surface area contributed by atoms with E-state index in [1.807, 2.05) is 43.1 Å². The lowest BCUT2D eigenvalue weighted by Gasteiger charge is -2.19. The molecule has 0 spiro atoms. The third-order valence-electron chi connectivity index (χ3n) is 4.29. The van der Waals surface area contributed by atoms with E-state index in [1.165, 1.54) is 4.68 Å². The van der Waals surface area contributed by atoms with E-state index in [0.717, 1.165) is 5.56 Å². The van der Waals surface area contributed by atoms with E-state index in [4.69, 9.17) is 27.9 Å². The molecule has 0 saturated carbocycles. The first kappa shape index (κ1) is 19.3. The number of methoxy groups -OCH3 is 1. The second-order valence-electron chi connectivity index (χ2n) is 5.95. The number of benzene rings is 2. The minimum Gasteiger partial charge on any atom is -0.497 e.